The highest BCUT2D eigenvalue weighted by molar-refractivity contribution is 5.94. The maximum atomic E-state index is 13.6. The Bertz CT molecular complexity index is 1350. The van der Waals surface area contributed by atoms with E-state index in [1.807, 2.05) is 26.0 Å². The van der Waals surface area contributed by atoms with Crippen molar-refractivity contribution in [3.05, 3.63) is 46.9 Å². The van der Waals surface area contributed by atoms with Crippen LogP contribution in [0.15, 0.2) is 24.5 Å². The Morgan fingerprint density at radius 2 is 1.95 bits per heavy atom. The third-order valence-corrected chi connectivity index (χ3v) is 7.68. The average Bonchev–Trinajstić information content (AvgIpc) is 3.15. The highest BCUT2D eigenvalue weighted by Gasteiger charge is 2.32. The maximum absolute atomic E-state index is 13.6. The number of aromatic nitrogens is 2. The van der Waals surface area contributed by atoms with E-state index in [1.54, 1.807) is 14.1 Å². The number of nitrogens with two attached hydrogens (primary N) is 1. The number of carbonyl (C=O) groups excluding carboxylic acids is 2. The summed E-state index contributed by atoms with van der Waals surface area (Å²) in [7, 11) is 3.39. The highest BCUT2D eigenvalue weighted by atomic mass is 19.1. The number of hydrogen-bond acceptors (Lipinski definition) is 9. The van der Waals surface area contributed by atoms with Gasteiger partial charge in [-0.15, -0.1) is 0 Å². The standard InChI is InChI=1S/C29H39FN8O3/c1-18-6-7-23(32)22(16-31)26(18)36-11-8-21-24(9-12-36)33-29(41-15-10-25(39)35(4)5)34-27(21)38-14-13-37(17-19(38)2)28(40)20(3)30/h6-7,16,19,31H,3,8-15,17,32H2,1-2,4-5H3/t19-/m0/s1. The van der Waals surface area contributed by atoms with E-state index in [9.17, 15) is 14.0 Å². The number of anilines is 3. The van der Waals surface area contributed by atoms with Gasteiger partial charge in [-0.25, -0.2) is 4.39 Å². The second-order valence-corrected chi connectivity index (χ2v) is 10.7. The Balaban J connectivity index is 1.66. The van der Waals surface area contributed by atoms with Crippen molar-refractivity contribution >= 4 is 35.2 Å². The first-order valence-electron chi connectivity index (χ1n) is 13.8. The molecule has 0 aliphatic carbocycles. The van der Waals surface area contributed by atoms with E-state index in [4.69, 9.17) is 25.8 Å². The summed E-state index contributed by atoms with van der Waals surface area (Å²) in [4.78, 5) is 41.2. The smallest absolute Gasteiger partial charge is 0.318 e. The third-order valence-electron chi connectivity index (χ3n) is 7.68. The predicted octanol–water partition coefficient (Wildman–Crippen LogP) is 2.35. The molecule has 1 saturated heterocycles. The third kappa shape index (κ3) is 6.41. The lowest BCUT2D eigenvalue weighted by Gasteiger charge is -2.41. The molecule has 1 aromatic heterocycles. The number of carbonyl (C=O) groups is 2. The van der Waals surface area contributed by atoms with Crippen molar-refractivity contribution in [2.24, 2.45) is 0 Å². The quantitative estimate of drug-likeness (QED) is 0.283. The minimum absolute atomic E-state index is 0.0565. The van der Waals surface area contributed by atoms with Gasteiger partial charge in [0, 0.05) is 82.3 Å². The number of fused-ring (bicyclic) bond motifs is 1. The second kappa shape index (κ2) is 12.5. The lowest BCUT2D eigenvalue weighted by atomic mass is 10.0. The highest BCUT2D eigenvalue weighted by Crippen LogP contribution is 2.34. The van der Waals surface area contributed by atoms with Gasteiger partial charge >= 0.3 is 6.01 Å². The van der Waals surface area contributed by atoms with Crippen LogP contribution >= 0.6 is 0 Å². The monoisotopic (exact) mass is 566 g/mol. The normalized spacial score (nSPS) is 17.0. The average molecular weight is 567 g/mol. The minimum atomic E-state index is -0.967. The number of rotatable bonds is 8. The molecule has 2 aliphatic heterocycles. The van der Waals surface area contributed by atoms with Crippen molar-refractivity contribution in [3.63, 3.8) is 0 Å². The lowest BCUT2D eigenvalue weighted by Crippen LogP contribution is -2.54. The van der Waals surface area contributed by atoms with Gasteiger partial charge in [-0.05, 0) is 31.9 Å². The first-order valence-corrected chi connectivity index (χ1v) is 13.8. The first kappa shape index (κ1) is 29.8. The molecule has 0 unspecified atom stereocenters. The number of nitrogen functional groups attached to an aromatic ring is 1. The largest absolute Gasteiger partial charge is 0.463 e. The molecular formula is C29H39FN8O3. The fraction of sp³-hybridized carbons (Fsp3) is 0.483. The van der Waals surface area contributed by atoms with Gasteiger partial charge in [0.1, 0.15) is 12.4 Å². The molecule has 1 atom stereocenters. The Labute approximate surface area is 240 Å². The van der Waals surface area contributed by atoms with Crippen LogP contribution in [-0.2, 0) is 22.4 Å². The molecule has 12 heteroatoms. The summed E-state index contributed by atoms with van der Waals surface area (Å²) in [6, 6.07) is 3.84. The van der Waals surface area contributed by atoms with E-state index in [0.29, 0.717) is 56.8 Å². The summed E-state index contributed by atoms with van der Waals surface area (Å²) in [5, 5.41) is 7.98. The molecule has 3 N–H and O–H groups in total. The van der Waals surface area contributed by atoms with E-state index in [-0.39, 0.29) is 31.0 Å². The van der Waals surface area contributed by atoms with E-state index in [2.05, 4.69) is 16.4 Å². The van der Waals surface area contributed by atoms with Gasteiger partial charge in [0.05, 0.1) is 17.8 Å². The molecular weight excluding hydrogens is 527 g/mol. The summed E-state index contributed by atoms with van der Waals surface area (Å²) < 4.78 is 19.5. The van der Waals surface area contributed by atoms with Gasteiger partial charge in [0.25, 0.3) is 5.91 Å². The number of benzene rings is 1. The predicted molar refractivity (Wildman–Crippen MR) is 158 cm³/mol. The van der Waals surface area contributed by atoms with Crippen LogP contribution < -0.4 is 20.3 Å². The van der Waals surface area contributed by atoms with Crippen LogP contribution in [0.1, 0.15) is 35.7 Å². The summed E-state index contributed by atoms with van der Waals surface area (Å²) in [5.74, 6) is -0.992. The van der Waals surface area contributed by atoms with Crippen LogP contribution in [0.4, 0.5) is 21.6 Å². The molecule has 2 aromatic rings. The van der Waals surface area contributed by atoms with Crippen molar-refractivity contribution in [2.75, 3.05) is 69.0 Å². The summed E-state index contributed by atoms with van der Waals surface area (Å²) >= 11 is 0. The molecule has 41 heavy (non-hydrogen) atoms. The number of piperazine rings is 1. The Morgan fingerprint density at radius 3 is 2.61 bits per heavy atom. The molecule has 3 heterocycles. The molecule has 0 saturated carbocycles. The van der Waals surface area contributed by atoms with Crippen LogP contribution in [0.5, 0.6) is 6.01 Å². The van der Waals surface area contributed by atoms with Crippen molar-refractivity contribution in [1.82, 2.24) is 19.8 Å². The SMILES string of the molecule is C=C(F)C(=O)N1CCN(c2nc(OCCC(=O)N(C)C)nc3c2CCN(c2c(C)ccc(N)c2C=N)CC3)[C@@H](C)C1. The molecule has 2 aliphatic rings. The molecule has 1 fully saturated rings. The van der Waals surface area contributed by atoms with E-state index >= 15 is 0 Å². The molecule has 1 aromatic carbocycles. The number of hydrogen-bond donors (Lipinski definition) is 2. The Kier molecular flexibility index (Phi) is 9.09. The number of ether oxygens (including phenoxy) is 1. The molecule has 0 bridgehead atoms. The van der Waals surface area contributed by atoms with Gasteiger partial charge in [0.15, 0.2) is 5.83 Å². The summed E-state index contributed by atoms with van der Waals surface area (Å²) in [5.41, 5.74) is 11.3. The van der Waals surface area contributed by atoms with Crippen LogP contribution in [0, 0.1) is 12.3 Å². The van der Waals surface area contributed by atoms with Crippen LogP contribution in [0.3, 0.4) is 0 Å². The van der Waals surface area contributed by atoms with E-state index in [1.165, 1.54) is 16.0 Å². The van der Waals surface area contributed by atoms with Gasteiger partial charge in [-0.1, -0.05) is 12.6 Å². The van der Waals surface area contributed by atoms with Gasteiger partial charge in [-0.3, -0.25) is 9.59 Å². The van der Waals surface area contributed by atoms with Crippen LogP contribution in [-0.4, -0.2) is 97.3 Å². The molecule has 220 valence electrons. The van der Waals surface area contributed by atoms with Crippen LogP contribution in [0.25, 0.3) is 0 Å². The zero-order valence-electron chi connectivity index (χ0n) is 24.2. The fourth-order valence-corrected chi connectivity index (χ4v) is 5.47. The number of amides is 2. The van der Waals surface area contributed by atoms with Crippen molar-refractivity contribution in [2.45, 2.75) is 39.2 Å². The van der Waals surface area contributed by atoms with E-state index < -0.39 is 11.7 Å². The minimum Gasteiger partial charge on any atom is -0.463 e. The van der Waals surface area contributed by atoms with Gasteiger partial charge < -0.3 is 35.5 Å². The topological polar surface area (TPSA) is 132 Å². The number of halogens is 1. The fourth-order valence-electron chi connectivity index (χ4n) is 5.47. The molecule has 2 amide bonds. The summed E-state index contributed by atoms with van der Waals surface area (Å²) in [6.07, 6.45) is 2.75. The van der Waals surface area contributed by atoms with Crippen LogP contribution in [0.2, 0.25) is 0 Å². The van der Waals surface area contributed by atoms with Crippen molar-refractivity contribution in [3.8, 4) is 6.01 Å². The second-order valence-electron chi connectivity index (χ2n) is 10.7. The lowest BCUT2D eigenvalue weighted by molar-refractivity contribution is -0.130. The molecule has 11 nitrogen and oxygen atoms in total. The molecule has 0 spiro atoms. The van der Waals surface area contributed by atoms with Gasteiger partial charge in [-0.2, -0.15) is 9.97 Å². The van der Waals surface area contributed by atoms with Gasteiger partial charge in [0.2, 0.25) is 5.91 Å². The number of nitrogens with zero attached hydrogens (tertiary/aromatic N) is 6. The van der Waals surface area contributed by atoms with Crippen molar-refractivity contribution in [1.29, 1.82) is 5.41 Å². The maximum Gasteiger partial charge on any atom is 0.318 e. The number of aryl methyl sites for hydroxylation is 1. The Morgan fingerprint density at radius 1 is 1.22 bits per heavy atom. The zero-order chi connectivity index (χ0) is 29.8. The molecule has 4 rings (SSSR count). The zero-order valence-corrected chi connectivity index (χ0v) is 24.2. The number of nitrogens with one attached hydrogen (secondary N) is 1. The Hall–Kier alpha value is -4.22. The van der Waals surface area contributed by atoms with Crippen molar-refractivity contribution < 1.29 is 18.7 Å². The van der Waals surface area contributed by atoms with E-state index in [0.717, 1.165) is 28.3 Å². The first-order chi connectivity index (χ1) is 19.5. The molecule has 0 radical (unpaired) electrons. The summed E-state index contributed by atoms with van der Waals surface area (Å²) in [6.45, 7) is 9.72.